The van der Waals surface area contributed by atoms with E-state index in [0.717, 1.165) is 30.0 Å². The summed E-state index contributed by atoms with van der Waals surface area (Å²) >= 11 is 1.84. The average molecular weight is 289 g/mol. The van der Waals surface area contributed by atoms with Crippen LogP contribution < -0.4 is 10.6 Å². The molecule has 0 bridgehead atoms. The number of carbonyl (C=O) groups excluding carboxylic acids is 1. The summed E-state index contributed by atoms with van der Waals surface area (Å²) in [7, 11) is 0. The van der Waals surface area contributed by atoms with Gasteiger partial charge in [-0.1, -0.05) is 18.2 Å². The second-order valence-electron chi connectivity index (χ2n) is 4.98. The zero-order valence-corrected chi connectivity index (χ0v) is 12.1. The van der Waals surface area contributed by atoms with Gasteiger partial charge in [0.2, 0.25) is 5.91 Å². The molecule has 20 heavy (non-hydrogen) atoms. The normalized spacial score (nSPS) is 19.1. The lowest BCUT2D eigenvalue weighted by molar-refractivity contribution is -0.122. The smallest absolute Gasteiger partial charge is 0.238 e. The van der Waals surface area contributed by atoms with Gasteiger partial charge in [0.05, 0.1) is 6.04 Å². The Kier molecular flexibility index (Phi) is 4.28. The lowest BCUT2D eigenvalue weighted by atomic mass is 10.1. The first-order valence-corrected chi connectivity index (χ1v) is 8.14. The van der Waals surface area contributed by atoms with Crippen LogP contribution in [0.1, 0.15) is 5.56 Å². The highest BCUT2D eigenvalue weighted by Crippen LogP contribution is 2.17. The molecule has 5 heteroatoms. The fourth-order valence-electron chi connectivity index (χ4n) is 2.52. The average Bonchev–Trinajstić information content (AvgIpc) is 2.92. The molecule has 1 aliphatic heterocycles. The molecular formula is C15H19N3OS. The van der Waals surface area contributed by atoms with Gasteiger partial charge in [-0.2, -0.15) is 11.8 Å². The number of aromatic nitrogens is 1. The number of H-pyrrole nitrogens is 1. The molecule has 1 aromatic carbocycles. The van der Waals surface area contributed by atoms with Crippen LogP contribution >= 0.6 is 11.8 Å². The standard InChI is InChI=1S/C15H19N3OS/c19-15(14-10-20-8-7-16-14)17-6-5-11-9-18-13-4-2-1-3-12(11)13/h1-4,9,14,16,18H,5-8,10H2,(H,17,19). The monoisotopic (exact) mass is 289 g/mol. The Morgan fingerprint density at radius 1 is 1.40 bits per heavy atom. The van der Waals surface area contributed by atoms with Crippen LogP contribution in [0.15, 0.2) is 30.5 Å². The molecule has 0 saturated carbocycles. The van der Waals surface area contributed by atoms with Crippen molar-refractivity contribution in [2.24, 2.45) is 0 Å². The molecule has 3 N–H and O–H groups in total. The minimum absolute atomic E-state index is 0.0308. The van der Waals surface area contributed by atoms with E-state index in [2.05, 4.69) is 27.8 Å². The van der Waals surface area contributed by atoms with Gasteiger partial charge in [-0.15, -0.1) is 0 Å². The maximum absolute atomic E-state index is 12.0. The lowest BCUT2D eigenvalue weighted by Crippen LogP contribution is -2.49. The third-order valence-electron chi connectivity index (χ3n) is 3.61. The maximum atomic E-state index is 12.0. The Morgan fingerprint density at radius 2 is 2.30 bits per heavy atom. The highest BCUT2D eigenvalue weighted by molar-refractivity contribution is 7.99. The Morgan fingerprint density at radius 3 is 3.15 bits per heavy atom. The molecule has 2 heterocycles. The molecule has 1 aliphatic rings. The summed E-state index contributed by atoms with van der Waals surface area (Å²) in [5.41, 5.74) is 2.41. The van der Waals surface area contributed by atoms with Crippen molar-refractivity contribution in [3.05, 3.63) is 36.0 Å². The minimum Gasteiger partial charge on any atom is -0.361 e. The SMILES string of the molecule is O=C(NCCc1c[nH]c2ccccc12)C1CSCCN1. The summed E-state index contributed by atoms with van der Waals surface area (Å²) in [6.07, 6.45) is 2.89. The number of benzene rings is 1. The molecule has 0 radical (unpaired) electrons. The summed E-state index contributed by atoms with van der Waals surface area (Å²) in [4.78, 5) is 15.3. The number of nitrogens with one attached hydrogen (secondary N) is 3. The van der Waals surface area contributed by atoms with Gasteiger partial charge >= 0.3 is 0 Å². The van der Waals surface area contributed by atoms with Gasteiger partial charge in [0.15, 0.2) is 0 Å². The molecule has 0 aliphatic carbocycles. The van der Waals surface area contributed by atoms with Gasteiger partial charge in [0.1, 0.15) is 0 Å². The molecule has 1 aromatic heterocycles. The first-order valence-electron chi connectivity index (χ1n) is 6.98. The van der Waals surface area contributed by atoms with E-state index in [1.165, 1.54) is 10.9 Å². The van der Waals surface area contributed by atoms with Crippen LogP contribution in [0.4, 0.5) is 0 Å². The van der Waals surface area contributed by atoms with E-state index in [1.807, 2.05) is 30.1 Å². The number of aromatic amines is 1. The number of carbonyl (C=O) groups is 1. The summed E-state index contributed by atoms with van der Waals surface area (Å²) in [6.45, 7) is 1.61. The van der Waals surface area contributed by atoms with Crippen molar-refractivity contribution in [1.82, 2.24) is 15.6 Å². The Bertz CT molecular complexity index is 590. The van der Waals surface area contributed by atoms with E-state index in [1.54, 1.807) is 0 Å². The fourth-order valence-corrected chi connectivity index (χ4v) is 3.45. The summed E-state index contributed by atoms with van der Waals surface area (Å²) < 4.78 is 0. The molecule has 1 saturated heterocycles. The van der Waals surface area contributed by atoms with Crippen molar-refractivity contribution in [3.8, 4) is 0 Å². The summed E-state index contributed by atoms with van der Waals surface area (Å²) in [5, 5.41) is 7.52. The maximum Gasteiger partial charge on any atom is 0.238 e. The van der Waals surface area contributed by atoms with Crippen LogP contribution in [-0.4, -0.2) is 41.5 Å². The van der Waals surface area contributed by atoms with Crippen molar-refractivity contribution in [2.45, 2.75) is 12.5 Å². The first-order chi connectivity index (χ1) is 9.84. The van der Waals surface area contributed by atoms with Crippen molar-refractivity contribution in [2.75, 3.05) is 24.6 Å². The van der Waals surface area contributed by atoms with E-state index in [4.69, 9.17) is 0 Å². The van der Waals surface area contributed by atoms with Crippen LogP contribution in [0.3, 0.4) is 0 Å². The van der Waals surface area contributed by atoms with Crippen molar-refractivity contribution in [1.29, 1.82) is 0 Å². The number of thioether (sulfide) groups is 1. The van der Waals surface area contributed by atoms with Gasteiger partial charge in [-0.3, -0.25) is 4.79 Å². The lowest BCUT2D eigenvalue weighted by Gasteiger charge is -2.22. The van der Waals surface area contributed by atoms with Gasteiger partial charge in [-0.25, -0.2) is 0 Å². The Balaban J connectivity index is 1.53. The highest BCUT2D eigenvalue weighted by atomic mass is 32.2. The van der Waals surface area contributed by atoms with Gasteiger partial charge < -0.3 is 15.6 Å². The minimum atomic E-state index is -0.0308. The molecule has 4 nitrogen and oxygen atoms in total. The summed E-state index contributed by atoms with van der Waals surface area (Å²) in [6, 6.07) is 8.22. The number of amides is 1. The van der Waals surface area contributed by atoms with Crippen molar-refractivity contribution >= 4 is 28.6 Å². The molecule has 106 valence electrons. The molecule has 1 amide bonds. The highest BCUT2D eigenvalue weighted by Gasteiger charge is 2.20. The Labute approximate surface area is 122 Å². The van der Waals surface area contributed by atoms with Gasteiger partial charge in [0, 0.05) is 41.7 Å². The van der Waals surface area contributed by atoms with Crippen LogP contribution in [0, 0.1) is 0 Å². The van der Waals surface area contributed by atoms with Crippen molar-refractivity contribution < 1.29 is 4.79 Å². The number of hydrogen-bond acceptors (Lipinski definition) is 3. The zero-order chi connectivity index (χ0) is 13.8. The van der Waals surface area contributed by atoms with E-state index >= 15 is 0 Å². The predicted molar refractivity (Wildman–Crippen MR) is 84.1 cm³/mol. The van der Waals surface area contributed by atoms with Crippen LogP contribution in [-0.2, 0) is 11.2 Å². The number of rotatable bonds is 4. The van der Waals surface area contributed by atoms with Crippen LogP contribution in [0.5, 0.6) is 0 Å². The van der Waals surface area contributed by atoms with E-state index in [-0.39, 0.29) is 11.9 Å². The molecule has 3 rings (SSSR count). The third kappa shape index (κ3) is 2.99. The molecule has 1 unspecified atom stereocenters. The summed E-state index contributed by atoms with van der Waals surface area (Å²) in [5.74, 6) is 2.09. The first kappa shape index (κ1) is 13.5. The van der Waals surface area contributed by atoms with E-state index < -0.39 is 0 Å². The second-order valence-corrected chi connectivity index (χ2v) is 6.13. The molecule has 2 aromatic rings. The number of fused-ring (bicyclic) bond motifs is 1. The molecule has 1 fully saturated rings. The Hall–Kier alpha value is -1.46. The van der Waals surface area contributed by atoms with Crippen LogP contribution in [0.25, 0.3) is 10.9 Å². The molecular weight excluding hydrogens is 270 g/mol. The molecule has 1 atom stereocenters. The number of hydrogen-bond donors (Lipinski definition) is 3. The quantitative estimate of drug-likeness (QED) is 0.800. The zero-order valence-electron chi connectivity index (χ0n) is 11.3. The van der Waals surface area contributed by atoms with E-state index in [9.17, 15) is 4.79 Å². The predicted octanol–water partition coefficient (Wildman–Crippen LogP) is 1.53. The van der Waals surface area contributed by atoms with Gasteiger partial charge in [-0.05, 0) is 18.1 Å². The van der Waals surface area contributed by atoms with Gasteiger partial charge in [0.25, 0.3) is 0 Å². The topological polar surface area (TPSA) is 56.9 Å². The van der Waals surface area contributed by atoms with E-state index in [0.29, 0.717) is 6.54 Å². The van der Waals surface area contributed by atoms with Crippen LogP contribution in [0.2, 0.25) is 0 Å². The molecule has 0 spiro atoms. The third-order valence-corrected chi connectivity index (χ3v) is 4.67. The fraction of sp³-hybridized carbons (Fsp3) is 0.400. The number of para-hydroxylation sites is 1. The van der Waals surface area contributed by atoms with Crippen molar-refractivity contribution in [3.63, 3.8) is 0 Å². The largest absolute Gasteiger partial charge is 0.361 e. The second kappa shape index (κ2) is 6.33.